The van der Waals surface area contributed by atoms with Crippen molar-refractivity contribution in [3.8, 4) is 16.2 Å². The van der Waals surface area contributed by atoms with Gasteiger partial charge in [-0.1, -0.05) is 35.9 Å². The Morgan fingerprint density at radius 1 is 1.03 bits per heavy atom. The minimum absolute atomic E-state index is 0.0590. The van der Waals surface area contributed by atoms with Crippen LogP contribution in [0.15, 0.2) is 54.2 Å². The molecule has 4 amide bonds. The first kappa shape index (κ1) is 51.3. The number of ether oxygens (including phenoxy) is 1. The Labute approximate surface area is 422 Å². The fourth-order valence-electron chi connectivity index (χ4n) is 9.60. The molecule has 0 unspecified atom stereocenters. The minimum Gasteiger partial charge on any atom is -0.496 e. The van der Waals surface area contributed by atoms with E-state index in [-0.39, 0.29) is 38.3 Å². The Balaban J connectivity index is 0.809. The number of hydrogen-bond donors (Lipinski definition) is 5. The number of alkyl halides is 1. The largest absolute Gasteiger partial charge is 0.496 e. The van der Waals surface area contributed by atoms with Gasteiger partial charge in [-0.2, -0.15) is 16.7 Å². The zero-order valence-electron chi connectivity index (χ0n) is 40.4. The van der Waals surface area contributed by atoms with Gasteiger partial charge in [-0.15, -0.1) is 11.3 Å². The molecule has 2 aliphatic heterocycles. The van der Waals surface area contributed by atoms with E-state index >= 15 is 4.39 Å². The van der Waals surface area contributed by atoms with Crippen LogP contribution in [0.25, 0.3) is 10.4 Å². The monoisotopic (exact) mass is 1020 g/mol. The van der Waals surface area contributed by atoms with Gasteiger partial charge >= 0.3 is 0 Å². The summed E-state index contributed by atoms with van der Waals surface area (Å²) in [4.78, 5) is 75.0. The predicted octanol–water partition coefficient (Wildman–Crippen LogP) is 6.70. The van der Waals surface area contributed by atoms with Crippen molar-refractivity contribution < 1.29 is 33.4 Å². The second-order valence-corrected chi connectivity index (χ2v) is 22.5. The summed E-state index contributed by atoms with van der Waals surface area (Å²) in [6.07, 6.45) is 5.00. The number of likely N-dealkylation sites (tertiary alicyclic amines) is 1. The Kier molecular flexibility index (Phi) is 16.2. The van der Waals surface area contributed by atoms with E-state index in [9.17, 15) is 24.3 Å². The number of carbonyl (C=O) groups is 4. The van der Waals surface area contributed by atoms with Crippen molar-refractivity contribution in [1.82, 2.24) is 40.3 Å². The van der Waals surface area contributed by atoms with E-state index in [1.54, 1.807) is 55.5 Å². The number of aromatic nitrogens is 3. The third-order valence-corrected chi connectivity index (χ3v) is 17.0. The molecule has 2 aromatic carbocycles. The van der Waals surface area contributed by atoms with Crippen LogP contribution >= 0.6 is 34.7 Å². The molecule has 376 valence electrons. The number of nitrogens with zero attached hydrogens (tertiary/aromatic N) is 6. The summed E-state index contributed by atoms with van der Waals surface area (Å²) in [5.74, 6) is 1.18. The van der Waals surface area contributed by atoms with Gasteiger partial charge in [0.05, 0.1) is 41.1 Å². The third kappa shape index (κ3) is 12.1. The van der Waals surface area contributed by atoms with Crippen LogP contribution in [0.4, 0.5) is 21.8 Å². The molecule has 5 N–H and O–H groups in total. The number of nitrogens with one attached hydrogen (secondary N) is 4. The summed E-state index contributed by atoms with van der Waals surface area (Å²) in [7, 11) is 3.27. The van der Waals surface area contributed by atoms with Gasteiger partial charge in [0, 0.05) is 75.8 Å². The molecule has 2 saturated heterocycles. The number of β-amino-alcohol motifs (C(OH)–C–C–N with tert-alkyl or cyclic N) is 1. The van der Waals surface area contributed by atoms with Gasteiger partial charge < -0.3 is 40.9 Å². The Bertz CT molecular complexity index is 2510. The average Bonchev–Trinajstić information content (AvgIpc) is 3.77. The van der Waals surface area contributed by atoms with Gasteiger partial charge in [0.15, 0.2) is 5.67 Å². The van der Waals surface area contributed by atoms with Gasteiger partial charge in [-0.05, 0) is 100 Å². The van der Waals surface area contributed by atoms with Crippen molar-refractivity contribution in [2.75, 3.05) is 69.8 Å². The quantitative estimate of drug-likeness (QED) is 0.0708. The van der Waals surface area contributed by atoms with E-state index in [1.807, 2.05) is 55.4 Å². The SMILES string of the molecule is CNc1nc(Nc2ccc(C(=O)N3CCN(CC4CCC(CSC(C)(C)[C@H](NC(=O)C5(F)CC5)C(=O)N5C[C@H](O)C[C@H]5C(=O)NCc5ccc(-c6scnc6C)cc5)CC4)CC3)c(OC)c2)ncc1Cl. The van der Waals surface area contributed by atoms with E-state index in [4.69, 9.17) is 16.3 Å². The van der Waals surface area contributed by atoms with Crippen LogP contribution in [0.1, 0.15) is 80.4 Å². The zero-order valence-corrected chi connectivity index (χ0v) is 42.8. The number of aryl methyl sites for hydroxylation is 1. The maximum atomic E-state index is 15.2. The number of carbonyl (C=O) groups excluding carboxylic acids is 4. The van der Waals surface area contributed by atoms with E-state index in [0.29, 0.717) is 58.7 Å². The molecule has 2 aromatic heterocycles. The lowest BCUT2D eigenvalue weighted by Crippen LogP contribution is -2.61. The number of thiazole rings is 1. The molecular weight excluding hydrogens is 955 g/mol. The first-order valence-electron chi connectivity index (χ1n) is 24.1. The smallest absolute Gasteiger partial charge is 0.258 e. The molecule has 8 rings (SSSR count). The van der Waals surface area contributed by atoms with E-state index in [2.05, 4.69) is 41.1 Å². The summed E-state index contributed by atoms with van der Waals surface area (Å²) in [5, 5.41) is 23.0. The lowest BCUT2D eigenvalue weighted by Gasteiger charge is -2.40. The fraction of sp³-hybridized carbons (Fsp3) is 0.540. The topological polar surface area (TPSA) is 194 Å². The summed E-state index contributed by atoms with van der Waals surface area (Å²) >= 11 is 9.29. The van der Waals surface area contributed by atoms with E-state index in [0.717, 1.165) is 72.8 Å². The molecular formula is C50H64ClFN10O6S2. The highest BCUT2D eigenvalue weighted by molar-refractivity contribution is 8.00. The van der Waals surface area contributed by atoms with Crippen molar-refractivity contribution in [3.05, 3.63) is 76.0 Å². The summed E-state index contributed by atoms with van der Waals surface area (Å²) in [6.45, 7) is 9.66. The van der Waals surface area contributed by atoms with Crippen LogP contribution in [0, 0.1) is 18.8 Å². The average molecular weight is 1020 g/mol. The van der Waals surface area contributed by atoms with Crippen LogP contribution in [0.5, 0.6) is 5.75 Å². The molecule has 0 bridgehead atoms. The second kappa shape index (κ2) is 22.1. The van der Waals surface area contributed by atoms with E-state index < -0.39 is 46.3 Å². The van der Waals surface area contributed by atoms with Crippen LogP contribution in [0.2, 0.25) is 5.02 Å². The molecule has 3 atom stereocenters. The highest BCUT2D eigenvalue weighted by Gasteiger charge is 2.54. The summed E-state index contributed by atoms with van der Waals surface area (Å²) in [5.41, 5.74) is 3.84. The number of benzene rings is 2. The first-order valence-corrected chi connectivity index (χ1v) is 26.3. The Hall–Kier alpha value is -5.08. The van der Waals surface area contributed by atoms with Crippen LogP contribution < -0.4 is 26.0 Å². The van der Waals surface area contributed by atoms with Crippen molar-refractivity contribution >= 4 is 75.8 Å². The lowest BCUT2D eigenvalue weighted by atomic mass is 9.82. The molecule has 4 heterocycles. The van der Waals surface area contributed by atoms with E-state index in [1.165, 1.54) is 11.1 Å². The molecule has 4 aliphatic rings. The first-order chi connectivity index (χ1) is 33.5. The molecule has 0 spiro atoms. The number of piperazine rings is 1. The molecule has 2 saturated carbocycles. The number of thioether (sulfide) groups is 1. The third-order valence-electron chi connectivity index (χ3n) is 14.1. The van der Waals surface area contributed by atoms with Crippen LogP contribution in [-0.2, 0) is 20.9 Å². The van der Waals surface area contributed by atoms with Crippen LogP contribution in [0.3, 0.4) is 0 Å². The number of methoxy groups -OCH3 is 1. The van der Waals surface area contributed by atoms with Crippen LogP contribution in [-0.4, -0.2) is 146 Å². The highest BCUT2D eigenvalue weighted by Crippen LogP contribution is 2.42. The Morgan fingerprint density at radius 2 is 1.74 bits per heavy atom. The lowest BCUT2D eigenvalue weighted by molar-refractivity contribution is -0.143. The Morgan fingerprint density at radius 3 is 2.40 bits per heavy atom. The fourth-order valence-corrected chi connectivity index (χ4v) is 11.9. The number of aliphatic hydroxyl groups excluding tert-OH is 1. The van der Waals surface area contributed by atoms with Crippen molar-refractivity contribution in [2.24, 2.45) is 11.8 Å². The molecule has 16 nitrogen and oxygen atoms in total. The predicted molar refractivity (Wildman–Crippen MR) is 272 cm³/mol. The second-order valence-electron chi connectivity index (χ2n) is 19.5. The summed E-state index contributed by atoms with van der Waals surface area (Å²) < 4.78 is 20.0. The minimum atomic E-state index is -2.00. The number of aliphatic hydroxyl groups is 1. The van der Waals surface area contributed by atoms with Crippen molar-refractivity contribution in [1.29, 1.82) is 0 Å². The maximum absolute atomic E-state index is 15.2. The molecule has 20 heteroatoms. The van der Waals surface area contributed by atoms with Gasteiger partial charge in [0.1, 0.15) is 28.7 Å². The zero-order chi connectivity index (χ0) is 49.7. The standard InChI is InChI=1S/C50H64ClFN10O6S2/c1-30-41(69-29-56-30)34-12-10-31(11-13-34)24-54-44(64)39-23-36(63)27-62(39)46(66)42(58-47(67)50(52)16-17-50)49(2,3)70-28-33-8-6-32(7-9-33)26-60-18-20-61(21-19-60)45(65)37-15-14-35(22-40(37)68-5)57-48-55-25-38(51)43(53-4)59-48/h10-15,22,25,29,32-33,36,39,42,63H,6-9,16-21,23-24,26-28H2,1-5H3,(H,54,64)(H,58,67)(H2,53,55,57,59)/t32?,33?,36-,39+,42-/m1/s1. The molecule has 2 aliphatic carbocycles. The highest BCUT2D eigenvalue weighted by atomic mass is 35.5. The molecule has 4 aromatic rings. The summed E-state index contributed by atoms with van der Waals surface area (Å²) in [6, 6.07) is 11.1. The van der Waals surface area contributed by atoms with Gasteiger partial charge in [-0.3, -0.25) is 24.1 Å². The molecule has 70 heavy (non-hydrogen) atoms. The number of hydrogen-bond acceptors (Lipinski definition) is 14. The van der Waals surface area contributed by atoms with Gasteiger partial charge in [0.25, 0.3) is 11.8 Å². The van der Waals surface area contributed by atoms with Crippen molar-refractivity contribution in [2.45, 2.75) is 101 Å². The molecule has 4 fully saturated rings. The number of rotatable bonds is 18. The number of anilines is 3. The maximum Gasteiger partial charge on any atom is 0.258 e. The number of halogens is 2. The van der Waals surface area contributed by atoms with Gasteiger partial charge in [0.2, 0.25) is 17.8 Å². The van der Waals surface area contributed by atoms with Crippen molar-refractivity contribution in [3.63, 3.8) is 0 Å². The number of amides is 4. The molecule has 0 radical (unpaired) electrons. The van der Waals surface area contributed by atoms with Gasteiger partial charge in [-0.25, -0.2) is 14.4 Å². The normalized spacial score (nSPS) is 21.7.